The fraction of sp³-hybridized carbons (Fsp3) is 0.720. The molecule has 0 aliphatic carbocycles. The summed E-state index contributed by atoms with van der Waals surface area (Å²) in [6.07, 6.45) is -0.0485. The topological polar surface area (TPSA) is 305 Å². The van der Waals surface area contributed by atoms with Crippen LogP contribution in [0.15, 0.2) is 30.3 Å². The first-order chi connectivity index (χ1) is 33.4. The van der Waals surface area contributed by atoms with Gasteiger partial charge in [-0.15, -0.1) is 0 Å². The molecule has 0 unspecified atom stereocenters. The van der Waals surface area contributed by atoms with Gasteiger partial charge in [-0.3, -0.25) is 19.2 Å². The number of benzene rings is 1. The SMILES string of the molecule is CC(C)(C)OC[C@H](N)C(=O)N[C@@H](CCCCNC(=O)OC(C)(C)C)C(=O)N[C@@H](CCCCNC(=O)OC(C)(C)C)C(=O)N[C@@H](CCCCNC(=O)OC(C)(C)C)C(=O)NCCNC(=O)OCc1ccccc1. The summed E-state index contributed by atoms with van der Waals surface area (Å²) >= 11 is 0. The average molecular weight is 1020 g/mol. The molecule has 0 aliphatic rings. The predicted molar refractivity (Wildman–Crippen MR) is 271 cm³/mol. The van der Waals surface area contributed by atoms with Gasteiger partial charge in [0.15, 0.2) is 0 Å². The summed E-state index contributed by atoms with van der Waals surface area (Å²) in [5.41, 5.74) is 4.26. The highest BCUT2D eigenvalue weighted by molar-refractivity contribution is 5.94. The average Bonchev–Trinajstić information content (AvgIpc) is 3.25. The van der Waals surface area contributed by atoms with Gasteiger partial charge >= 0.3 is 24.4 Å². The molecule has 0 heterocycles. The fourth-order valence-corrected chi connectivity index (χ4v) is 6.23. The number of carbonyl (C=O) groups is 8. The van der Waals surface area contributed by atoms with Crippen molar-refractivity contribution in [2.75, 3.05) is 39.3 Å². The Balaban J connectivity index is 3.33. The highest BCUT2D eigenvalue weighted by Gasteiger charge is 2.31. The summed E-state index contributed by atoms with van der Waals surface area (Å²) in [5, 5.41) is 21.6. The lowest BCUT2D eigenvalue weighted by atomic mass is 10.0. The largest absolute Gasteiger partial charge is 0.445 e. The molecule has 0 saturated heterocycles. The third-order valence-corrected chi connectivity index (χ3v) is 9.60. The monoisotopic (exact) mass is 1020 g/mol. The number of hydrogen-bond acceptors (Lipinski definition) is 14. The van der Waals surface area contributed by atoms with E-state index in [0.717, 1.165) is 5.56 Å². The van der Waals surface area contributed by atoms with Crippen LogP contribution < -0.4 is 48.3 Å². The number of nitrogens with one attached hydrogen (secondary N) is 8. The van der Waals surface area contributed by atoms with Crippen LogP contribution in [-0.2, 0) is 49.5 Å². The van der Waals surface area contributed by atoms with Crippen LogP contribution in [0.25, 0.3) is 0 Å². The zero-order chi connectivity index (χ0) is 54.5. The maximum Gasteiger partial charge on any atom is 0.407 e. The highest BCUT2D eigenvalue weighted by atomic mass is 16.6. The highest BCUT2D eigenvalue weighted by Crippen LogP contribution is 2.12. The minimum Gasteiger partial charge on any atom is -0.445 e. The van der Waals surface area contributed by atoms with Crippen LogP contribution in [0.1, 0.15) is 146 Å². The van der Waals surface area contributed by atoms with Crippen molar-refractivity contribution in [2.24, 2.45) is 5.73 Å². The molecule has 22 nitrogen and oxygen atoms in total. The van der Waals surface area contributed by atoms with Crippen LogP contribution >= 0.6 is 0 Å². The summed E-state index contributed by atoms with van der Waals surface area (Å²) in [6.45, 7) is 21.6. The Morgan fingerprint density at radius 2 is 0.806 bits per heavy atom. The molecule has 22 heteroatoms. The zero-order valence-corrected chi connectivity index (χ0v) is 44.9. The first-order valence-electron chi connectivity index (χ1n) is 24.9. The lowest BCUT2D eigenvalue weighted by molar-refractivity contribution is -0.134. The molecule has 8 amide bonds. The van der Waals surface area contributed by atoms with Crippen LogP contribution in [0.3, 0.4) is 0 Å². The first-order valence-corrected chi connectivity index (χ1v) is 24.9. The lowest BCUT2D eigenvalue weighted by Crippen LogP contribution is -2.58. The number of unbranched alkanes of at least 4 members (excludes halogenated alkanes) is 3. The molecule has 0 fully saturated rings. The molecule has 0 radical (unpaired) electrons. The molecular formula is C50H87N9O13. The minimum atomic E-state index is -1.24. The van der Waals surface area contributed by atoms with Crippen LogP contribution in [0.5, 0.6) is 0 Å². The van der Waals surface area contributed by atoms with E-state index in [9.17, 15) is 38.4 Å². The number of amides is 8. The molecule has 1 aromatic rings. The third-order valence-electron chi connectivity index (χ3n) is 9.60. The number of hydrogen-bond donors (Lipinski definition) is 9. The second kappa shape index (κ2) is 32.2. The molecule has 410 valence electrons. The standard InChI is InChI=1S/C50H87N9O13/c1-47(2,3)69-33-35(51)39(60)57-37(25-17-20-28-54-45(66)71-49(7,8)9)41(62)59-38(26-18-21-29-55-46(67)72-50(10,11)12)42(63)58-36(24-16-19-27-53-44(65)70-48(4,5)6)40(61)52-30-31-56-43(64)68-32-34-22-14-13-15-23-34/h13-15,22-23,35-38H,16-21,24-33,51H2,1-12H3,(H,52,61)(H,53,65)(H,54,66)(H,55,67)(H,56,64)(H,57,60)(H,58,63)(H,59,62)/t35-,36-,37-,38-/m0/s1. The van der Waals surface area contributed by atoms with Gasteiger partial charge in [0.2, 0.25) is 23.6 Å². The van der Waals surface area contributed by atoms with Crippen molar-refractivity contribution >= 4 is 48.0 Å². The second-order valence-electron chi connectivity index (χ2n) is 21.3. The van der Waals surface area contributed by atoms with Crippen LogP contribution in [0.2, 0.25) is 0 Å². The number of carbonyl (C=O) groups excluding carboxylic acids is 8. The molecule has 10 N–H and O–H groups in total. The Kier molecular flexibility index (Phi) is 28.7. The third kappa shape index (κ3) is 33.6. The van der Waals surface area contributed by atoms with E-state index >= 15 is 0 Å². The van der Waals surface area contributed by atoms with E-state index < -0.39 is 94.6 Å². The van der Waals surface area contributed by atoms with Crippen molar-refractivity contribution in [2.45, 2.75) is 194 Å². The molecule has 72 heavy (non-hydrogen) atoms. The molecule has 0 spiro atoms. The number of ether oxygens (including phenoxy) is 5. The Hall–Kier alpha value is -5.90. The summed E-state index contributed by atoms with van der Waals surface area (Å²) in [5.74, 6) is -2.66. The smallest absolute Gasteiger partial charge is 0.407 e. The minimum absolute atomic E-state index is 0.00597. The van der Waals surface area contributed by atoms with Crippen LogP contribution in [-0.4, -0.2) is 134 Å². The van der Waals surface area contributed by atoms with E-state index in [-0.39, 0.29) is 65.2 Å². The molecule has 0 saturated carbocycles. The van der Waals surface area contributed by atoms with Gasteiger partial charge in [0.25, 0.3) is 0 Å². The van der Waals surface area contributed by atoms with Gasteiger partial charge < -0.3 is 72.0 Å². The predicted octanol–water partition coefficient (Wildman–Crippen LogP) is 4.71. The van der Waals surface area contributed by atoms with Crippen LogP contribution in [0.4, 0.5) is 19.2 Å². The van der Waals surface area contributed by atoms with Gasteiger partial charge in [-0.2, -0.15) is 0 Å². The van der Waals surface area contributed by atoms with E-state index in [0.29, 0.717) is 38.5 Å². The van der Waals surface area contributed by atoms with Crippen molar-refractivity contribution in [3.8, 4) is 0 Å². The van der Waals surface area contributed by atoms with Gasteiger partial charge in [-0.1, -0.05) is 30.3 Å². The zero-order valence-electron chi connectivity index (χ0n) is 44.9. The summed E-state index contributed by atoms with van der Waals surface area (Å²) in [7, 11) is 0. The van der Waals surface area contributed by atoms with E-state index in [1.165, 1.54) is 0 Å². The molecule has 0 aromatic heterocycles. The molecule has 0 bridgehead atoms. The van der Waals surface area contributed by atoms with Gasteiger partial charge in [0.1, 0.15) is 47.6 Å². The van der Waals surface area contributed by atoms with E-state index in [2.05, 4.69) is 42.5 Å². The Labute approximate surface area is 426 Å². The second-order valence-corrected chi connectivity index (χ2v) is 21.3. The van der Waals surface area contributed by atoms with E-state index in [1.54, 1.807) is 83.1 Å². The normalized spacial score (nSPS) is 13.4. The van der Waals surface area contributed by atoms with Crippen molar-refractivity contribution in [3.63, 3.8) is 0 Å². The van der Waals surface area contributed by atoms with Gasteiger partial charge in [0.05, 0.1) is 12.2 Å². The van der Waals surface area contributed by atoms with Crippen molar-refractivity contribution in [3.05, 3.63) is 35.9 Å². The summed E-state index contributed by atoms with van der Waals surface area (Å²) in [6, 6.07) is 4.40. The molecule has 4 atom stereocenters. The maximum absolute atomic E-state index is 14.3. The molecule has 0 aliphatic heterocycles. The van der Waals surface area contributed by atoms with Gasteiger partial charge in [-0.05, 0) is 146 Å². The van der Waals surface area contributed by atoms with Crippen molar-refractivity contribution in [1.29, 1.82) is 0 Å². The lowest BCUT2D eigenvalue weighted by Gasteiger charge is -2.27. The Morgan fingerprint density at radius 3 is 1.19 bits per heavy atom. The Morgan fingerprint density at radius 1 is 0.444 bits per heavy atom. The van der Waals surface area contributed by atoms with E-state index in [1.807, 2.05) is 30.3 Å². The molecule has 1 rings (SSSR count). The fourth-order valence-electron chi connectivity index (χ4n) is 6.23. The van der Waals surface area contributed by atoms with Crippen LogP contribution in [0, 0.1) is 0 Å². The van der Waals surface area contributed by atoms with Gasteiger partial charge in [-0.25, -0.2) is 19.2 Å². The van der Waals surface area contributed by atoms with Gasteiger partial charge in [0, 0.05) is 32.7 Å². The quantitative estimate of drug-likeness (QED) is 0.0388. The summed E-state index contributed by atoms with van der Waals surface area (Å²) < 4.78 is 26.9. The Bertz CT molecular complexity index is 1840. The van der Waals surface area contributed by atoms with E-state index in [4.69, 9.17) is 29.4 Å². The molecule has 1 aromatic carbocycles. The number of alkyl carbamates (subject to hydrolysis) is 4. The van der Waals surface area contributed by atoms with Crippen molar-refractivity contribution < 1.29 is 62.0 Å². The first kappa shape index (κ1) is 64.1. The number of rotatable bonds is 29. The maximum atomic E-state index is 14.3. The summed E-state index contributed by atoms with van der Waals surface area (Å²) in [4.78, 5) is 105. The van der Waals surface area contributed by atoms with Crippen molar-refractivity contribution in [1.82, 2.24) is 42.5 Å². The number of nitrogens with two attached hydrogens (primary N) is 1. The molecular weight excluding hydrogens is 935 g/mol.